The maximum Gasteiger partial charge on any atom is 0.169 e. The number of aliphatic hydroxyl groups is 1. The Labute approximate surface area is 159 Å². The van der Waals surface area contributed by atoms with Gasteiger partial charge in [-0.25, -0.2) is 0 Å². The van der Waals surface area contributed by atoms with E-state index in [1.165, 1.54) is 51.4 Å². The van der Waals surface area contributed by atoms with Crippen LogP contribution in [0.4, 0.5) is 0 Å². The number of rotatable bonds is 1. The summed E-state index contributed by atoms with van der Waals surface area (Å²) in [5.74, 6) is 2.82. The maximum absolute atomic E-state index is 11.5. The van der Waals surface area contributed by atoms with Crippen molar-refractivity contribution in [1.29, 1.82) is 0 Å². The zero-order chi connectivity index (χ0) is 18.2. The molecule has 1 heterocycles. The van der Waals surface area contributed by atoms with Gasteiger partial charge < -0.3 is 14.6 Å². The molecule has 1 N–H and O–H groups in total. The van der Waals surface area contributed by atoms with Crippen molar-refractivity contribution in [2.24, 2.45) is 40.4 Å². The highest BCUT2D eigenvalue weighted by molar-refractivity contribution is 5.13. The predicted molar refractivity (Wildman–Crippen MR) is 102 cm³/mol. The molecule has 7 unspecified atom stereocenters. The molecule has 3 nitrogen and oxygen atoms in total. The molecule has 4 saturated carbocycles. The van der Waals surface area contributed by atoms with E-state index in [0.29, 0.717) is 23.2 Å². The molecule has 0 spiro atoms. The first-order valence-electron chi connectivity index (χ1n) is 11.3. The van der Waals surface area contributed by atoms with E-state index < -0.39 is 5.79 Å². The first-order valence-corrected chi connectivity index (χ1v) is 11.3. The summed E-state index contributed by atoms with van der Waals surface area (Å²) in [6.07, 6.45) is 11.6. The summed E-state index contributed by atoms with van der Waals surface area (Å²) in [6, 6.07) is 0. The maximum atomic E-state index is 11.5. The van der Waals surface area contributed by atoms with Gasteiger partial charge in [-0.15, -0.1) is 0 Å². The first-order chi connectivity index (χ1) is 12.4. The van der Waals surface area contributed by atoms with Crippen molar-refractivity contribution in [2.45, 2.75) is 90.4 Å². The van der Waals surface area contributed by atoms with Crippen molar-refractivity contribution >= 4 is 0 Å². The minimum Gasteiger partial charge on any atom is -0.393 e. The average molecular weight is 363 g/mol. The molecule has 5 aliphatic rings. The van der Waals surface area contributed by atoms with Crippen molar-refractivity contribution in [2.75, 3.05) is 13.2 Å². The van der Waals surface area contributed by atoms with Gasteiger partial charge in [0.15, 0.2) is 5.79 Å². The summed E-state index contributed by atoms with van der Waals surface area (Å²) >= 11 is 0. The van der Waals surface area contributed by atoms with Gasteiger partial charge in [0.05, 0.1) is 19.3 Å². The Morgan fingerprint density at radius 2 is 1.62 bits per heavy atom. The Bertz CT molecular complexity index is 556. The van der Waals surface area contributed by atoms with Crippen molar-refractivity contribution < 1.29 is 14.6 Å². The molecule has 0 aromatic heterocycles. The monoisotopic (exact) mass is 362 g/mol. The van der Waals surface area contributed by atoms with Gasteiger partial charge in [0.1, 0.15) is 0 Å². The lowest BCUT2D eigenvalue weighted by atomic mass is 9.44. The summed E-state index contributed by atoms with van der Waals surface area (Å²) in [5.41, 5.74) is 0.543. The molecule has 3 heteroatoms. The van der Waals surface area contributed by atoms with Crippen LogP contribution < -0.4 is 0 Å². The van der Waals surface area contributed by atoms with Crippen LogP contribution in [0.25, 0.3) is 0 Å². The second-order valence-electron chi connectivity index (χ2n) is 10.9. The fraction of sp³-hybridized carbons (Fsp3) is 1.00. The number of ether oxygens (including phenoxy) is 2. The third kappa shape index (κ3) is 2.29. The average Bonchev–Trinajstić information content (AvgIpc) is 3.17. The normalized spacial score (nSPS) is 55.8. The van der Waals surface area contributed by atoms with Gasteiger partial charge in [0, 0.05) is 5.92 Å². The molecule has 1 saturated heterocycles. The van der Waals surface area contributed by atoms with Gasteiger partial charge in [-0.2, -0.15) is 0 Å². The Hall–Kier alpha value is -0.120. The molecule has 26 heavy (non-hydrogen) atoms. The summed E-state index contributed by atoms with van der Waals surface area (Å²) in [6.45, 7) is 8.61. The number of hydrogen-bond acceptors (Lipinski definition) is 3. The van der Waals surface area contributed by atoms with E-state index in [4.69, 9.17) is 9.47 Å². The largest absolute Gasteiger partial charge is 0.393 e. The molecule has 0 aromatic carbocycles. The van der Waals surface area contributed by atoms with E-state index in [1.807, 2.05) is 0 Å². The minimum absolute atomic E-state index is 0.141. The van der Waals surface area contributed by atoms with Crippen molar-refractivity contribution in [3.63, 3.8) is 0 Å². The van der Waals surface area contributed by atoms with Gasteiger partial charge in [-0.3, -0.25) is 0 Å². The molecule has 0 amide bonds. The van der Waals surface area contributed by atoms with Crippen molar-refractivity contribution in [3.8, 4) is 0 Å². The highest BCUT2D eigenvalue weighted by atomic mass is 16.7. The van der Waals surface area contributed by atoms with E-state index in [1.54, 1.807) is 0 Å². The zero-order valence-corrected chi connectivity index (χ0v) is 17.0. The minimum atomic E-state index is -0.429. The molecule has 4 aliphatic carbocycles. The van der Waals surface area contributed by atoms with E-state index in [2.05, 4.69) is 20.8 Å². The van der Waals surface area contributed by atoms with E-state index in [-0.39, 0.29) is 11.5 Å². The van der Waals surface area contributed by atoms with Crippen LogP contribution in [-0.2, 0) is 9.47 Å². The van der Waals surface area contributed by atoms with Crippen molar-refractivity contribution in [3.05, 3.63) is 0 Å². The lowest BCUT2D eigenvalue weighted by Crippen LogP contribution is -2.59. The van der Waals surface area contributed by atoms with Crippen LogP contribution >= 0.6 is 0 Å². The molecule has 148 valence electrons. The van der Waals surface area contributed by atoms with Crippen LogP contribution in [-0.4, -0.2) is 30.2 Å². The van der Waals surface area contributed by atoms with Crippen molar-refractivity contribution in [1.82, 2.24) is 0 Å². The molecular formula is C23H38O3. The van der Waals surface area contributed by atoms with Gasteiger partial charge >= 0.3 is 0 Å². The number of hydrogen-bond donors (Lipinski definition) is 1. The molecule has 0 radical (unpaired) electrons. The van der Waals surface area contributed by atoms with E-state index in [9.17, 15) is 5.11 Å². The van der Waals surface area contributed by atoms with Crippen LogP contribution in [0.15, 0.2) is 0 Å². The SMILES string of the molecule is CC1(C2CCC3C4CC[C@H]5CCCCC5(C)C4C(O)CC32C)OCCO1. The summed E-state index contributed by atoms with van der Waals surface area (Å²) in [7, 11) is 0. The second kappa shape index (κ2) is 5.94. The van der Waals surface area contributed by atoms with E-state index >= 15 is 0 Å². The molecular weight excluding hydrogens is 324 g/mol. The smallest absolute Gasteiger partial charge is 0.169 e. The Morgan fingerprint density at radius 1 is 0.846 bits per heavy atom. The molecule has 0 bridgehead atoms. The summed E-state index contributed by atoms with van der Waals surface area (Å²) in [4.78, 5) is 0. The van der Waals surface area contributed by atoms with Gasteiger partial charge in [-0.05, 0) is 86.4 Å². The lowest BCUT2D eigenvalue weighted by Gasteiger charge is -2.62. The second-order valence-corrected chi connectivity index (χ2v) is 10.9. The quantitative estimate of drug-likeness (QED) is 0.730. The zero-order valence-electron chi connectivity index (χ0n) is 17.0. The lowest BCUT2D eigenvalue weighted by molar-refractivity contribution is -0.231. The highest BCUT2D eigenvalue weighted by Crippen LogP contribution is 2.69. The fourth-order valence-electron chi connectivity index (χ4n) is 9.01. The molecule has 0 aromatic rings. The number of aliphatic hydroxyl groups excluding tert-OH is 1. The van der Waals surface area contributed by atoms with Gasteiger partial charge in [0.25, 0.3) is 0 Å². The Morgan fingerprint density at radius 3 is 2.38 bits per heavy atom. The van der Waals surface area contributed by atoms with Gasteiger partial charge in [-0.1, -0.05) is 26.7 Å². The van der Waals surface area contributed by atoms with Crippen LogP contribution in [0.3, 0.4) is 0 Å². The fourth-order valence-corrected chi connectivity index (χ4v) is 9.01. The van der Waals surface area contributed by atoms with Crippen LogP contribution in [0, 0.1) is 40.4 Å². The molecule has 8 atom stereocenters. The van der Waals surface area contributed by atoms with Crippen LogP contribution in [0.2, 0.25) is 0 Å². The third-order valence-corrected chi connectivity index (χ3v) is 10.0. The third-order valence-electron chi connectivity index (χ3n) is 10.0. The topological polar surface area (TPSA) is 38.7 Å². The Balaban J connectivity index is 1.47. The number of fused-ring (bicyclic) bond motifs is 5. The highest BCUT2D eigenvalue weighted by Gasteiger charge is 2.65. The standard InChI is InChI=1S/C23H38O3/c1-21-11-5-4-6-15(21)7-8-16-17-9-10-19(23(3)25-12-13-26-23)22(17,2)14-18(24)20(16)21/h15-20,24H,4-14H2,1-3H3/t15-,16?,17?,18?,19?,20?,21?,22?/m1/s1. The Kier molecular flexibility index (Phi) is 4.10. The van der Waals surface area contributed by atoms with Crippen LogP contribution in [0.5, 0.6) is 0 Å². The molecule has 5 fully saturated rings. The molecule has 1 aliphatic heterocycles. The van der Waals surface area contributed by atoms with Gasteiger partial charge in [0.2, 0.25) is 0 Å². The predicted octanol–water partition coefficient (Wildman–Crippen LogP) is 4.77. The summed E-state index contributed by atoms with van der Waals surface area (Å²) < 4.78 is 12.2. The molecule has 5 rings (SSSR count). The first kappa shape index (κ1) is 17.9. The summed E-state index contributed by atoms with van der Waals surface area (Å²) in [5, 5.41) is 11.5. The van der Waals surface area contributed by atoms with Crippen LogP contribution in [0.1, 0.15) is 78.6 Å². The van der Waals surface area contributed by atoms with E-state index in [0.717, 1.165) is 31.5 Å².